The van der Waals surface area contributed by atoms with Gasteiger partial charge < -0.3 is 10.2 Å². The number of halogens is 3. The Morgan fingerprint density at radius 2 is 2.04 bits per heavy atom. The second-order valence-electron chi connectivity index (χ2n) is 6.13. The average molecular weight is 342 g/mol. The van der Waals surface area contributed by atoms with Crippen LogP contribution in [0.25, 0.3) is 0 Å². The van der Waals surface area contributed by atoms with Gasteiger partial charge in [0.1, 0.15) is 5.75 Å². The number of hydrogen-bond donors (Lipinski definition) is 2. The van der Waals surface area contributed by atoms with Crippen LogP contribution in [0, 0.1) is 5.92 Å². The number of benzene rings is 1. The summed E-state index contributed by atoms with van der Waals surface area (Å²) >= 11 is 0. The van der Waals surface area contributed by atoms with E-state index in [0.29, 0.717) is 19.3 Å². The minimum Gasteiger partial charge on any atom is -0.508 e. The Hall–Kier alpha value is -2.09. The molecule has 2 N–H and O–H groups in total. The van der Waals surface area contributed by atoms with Crippen molar-refractivity contribution in [3.05, 3.63) is 29.8 Å². The molecule has 1 heterocycles. The molecular weight excluding hydrogens is 325 g/mol. The number of carbonyl (C=O) groups excluding carboxylic acids is 1. The number of hydrogen-bond acceptors (Lipinski definition) is 4. The van der Waals surface area contributed by atoms with Gasteiger partial charge in [0.2, 0.25) is 0 Å². The molecule has 1 fully saturated rings. The second-order valence-corrected chi connectivity index (χ2v) is 6.13. The van der Waals surface area contributed by atoms with E-state index in [1.165, 1.54) is 18.2 Å². The minimum atomic E-state index is -5.04. The molecule has 3 rings (SSSR count). The highest BCUT2D eigenvalue weighted by Gasteiger charge is 2.68. The molecule has 0 radical (unpaired) electrons. The van der Waals surface area contributed by atoms with Gasteiger partial charge in [-0.3, -0.25) is 4.79 Å². The first kappa shape index (κ1) is 16.8. The fourth-order valence-corrected chi connectivity index (χ4v) is 3.36. The summed E-state index contributed by atoms with van der Waals surface area (Å²) < 4.78 is 41.1. The van der Waals surface area contributed by atoms with E-state index in [-0.39, 0.29) is 28.5 Å². The van der Waals surface area contributed by atoms with E-state index >= 15 is 0 Å². The first-order chi connectivity index (χ1) is 11.2. The molecule has 1 aliphatic heterocycles. The molecule has 130 valence electrons. The van der Waals surface area contributed by atoms with Gasteiger partial charge in [0.25, 0.3) is 11.6 Å². The molecule has 2 unspecified atom stereocenters. The van der Waals surface area contributed by atoms with E-state index in [1.54, 1.807) is 0 Å². The zero-order valence-electron chi connectivity index (χ0n) is 12.8. The normalized spacial score (nSPS) is 27.4. The Bertz CT molecular complexity index is 689. The van der Waals surface area contributed by atoms with E-state index < -0.39 is 23.7 Å². The summed E-state index contributed by atoms with van der Waals surface area (Å²) in [6, 6.07) is 4.96. The summed E-state index contributed by atoms with van der Waals surface area (Å²) in [6.07, 6.45) is -2.61. The van der Waals surface area contributed by atoms with Crippen LogP contribution in [0.2, 0.25) is 0 Å². The van der Waals surface area contributed by atoms with Crippen LogP contribution in [0.5, 0.6) is 5.75 Å². The fraction of sp³-hybridized carbons (Fsp3) is 0.500. The van der Waals surface area contributed by atoms with E-state index in [4.69, 9.17) is 0 Å². The molecule has 1 aromatic carbocycles. The molecule has 1 aromatic rings. The maximum absolute atomic E-state index is 13.7. The molecule has 5 nitrogen and oxygen atoms in total. The van der Waals surface area contributed by atoms with Crippen LogP contribution in [0.15, 0.2) is 29.4 Å². The largest absolute Gasteiger partial charge is 0.508 e. The van der Waals surface area contributed by atoms with Crippen molar-refractivity contribution in [2.75, 3.05) is 0 Å². The van der Waals surface area contributed by atoms with Crippen LogP contribution in [0.4, 0.5) is 13.2 Å². The summed E-state index contributed by atoms with van der Waals surface area (Å²) in [4.78, 5) is 12.5. The number of aromatic hydroxyl groups is 1. The number of aliphatic hydroxyl groups is 1. The Morgan fingerprint density at radius 3 is 2.71 bits per heavy atom. The molecule has 0 bridgehead atoms. The second kappa shape index (κ2) is 5.77. The predicted octanol–water partition coefficient (Wildman–Crippen LogP) is 3.04. The lowest BCUT2D eigenvalue weighted by Crippen LogP contribution is -2.61. The molecule has 1 aliphatic carbocycles. The number of amides is 1. The van der Waals surface area contributed by atoms with Crippen LogP contribution in [-0.4, -0.2) is 38.7 Å². The van der Waals surface area contributed by atoms with Gasteiger partial charge in [0.15, 0.2) is 0 Å². The van der Waals surface area contributed by atoms with Crippen LogP contribution >= 0.6 is 0 Å². The molecule has 1 saturated carbocycles. The van der Waals surface area contributed by atoms with Crippen molar-refractivity contribution in [1.82, 2.24) is 5.01 Å². The summed E-state index contributed by atoms with van der Waals surface area (Å²) in [5.41, 5.74) is -3.31. The average Bonchev–Trinajstić information content (AvgIpc) is 2.68. The lowest BCUT2D eigenvalue weighted by atomic mass is 9.87. The molecule has 0 spiro atoms. The molecule has 8 heteroatoms. The van der Waals surface area contributed by atoms with Crippen LogP contribution in [0.1, 0.15) is 42.5 Å². The third kappa shape index (κ3) is 2.54. The minimum absolute atomic E-state index is 0.124. The number of carbonyl (C=O) groups is 1. The van der Waals surface area contributed by atoms with Gasteiger partial charge >= 0.3 is 6.18 Å². The third-order valence-corrected chi connectivity index (χ3v) is 4.57. The monoisotopic (exact) mass is 342 g/mol. The van der Waals surface area contributed by atoms with Gasteiger partial charge in [0.05, 0.1) is 5.92 Å². The number of fused-ring (bicyclic) bond motifs is 1. The van der Waals surface area contributed by atoms with Gasteiger partial charge in [-0.2, -0.15) is 23.3 Å². The lowest BCUT2D eigenvalue weighted by Gasteiger charge is -2.37. The zero-order chi connectivity index (χ0) is 17.5. The summed E-state index contributed by atoms with van der Waals surface area (Å²) in [5.74, 6) is -2.59. The number of phenols is 1. The third-order valence-electron chi connectivity index (χ3n) is 4.57. The summed E-state index contributed by atoms with van der Waals surface area (Å²) in [6.45, 7) is 0. The van der Waals surface area contributed by atoms with E-state index in [2.05, 4.69) is 5.10 Å². The maximum Gasteiger partial charge on any atom is 0.439 e. The Balaban J connectivity index is 2.05. The van der Waals surface area contributed by atoms with Crippen molar-refractivity contribution in [3.63, 3.8) is 0 Å². The zero-order valence-corrected chi connectivity index (χ0v) is 12.8. The van der Waals surface area contributed by atoms with E-state index in [9.17, 15) is 28.2 Å². The number of rotatable bonds is 1. The molecule has 1 amide bonds. The highest BCUT2D eigenvalue weighted by atomic mass is 19.4. The number of hydrazone groups is 1. The van der Waals surface area contributed by atoms with Crippen LogP contribution < -0.4 is 0 Å². The molecule has 2 atom stereocenters. The number of phenolic OH excluding ortho intramolecular Hbond substituents is 1. The van der Waals surface area contributed by atoms with Crippen molar-refractivity contribution < 1.29 is 28.2 Å². The number of alkyl halides is 3. The number of nitrogens with zero attached hydrogens (tertiary/aromatic N) is 2. The topological polar surface area (TPSA) is 73.1 Å². The Morgan fingerprint density at radius 1 is 1.29 bits per heavy atom. The molecule has 0 saturated heterocycles. The van der Waals surface area contributed by atoms with Crippen molar-refractivity contribution in [3.8, 4) is 5.75 Å². The summed E-state index contributed by atoms with van der Waals surface area (Å²) in [5, 5.41) is 23.9. The van der Waals surface area contributed by atoms with Crippen molar-refractivity contribution in [2.45, 2.75) is 44.0 Å². The van der Waals surface area contributed by atoms with Crippen molar-refractivity contribution in [1.29, 1.82) is 0 Å². The van der Waals surface area contributed by atoms with Gasteiger partial charge in [-0.1, -0.05) is 18.9 Å². The molecule has 0 aromatic heterocycles. The maximum atomic E-state index is 13.7. The first-order valence-electron chi connectivity index (χ1n) is 7.75. The standard InChI is InChI=1S/C16H17F3N2O3/c17-16(18,19)15(24)12-7-2-1-3-8-13(12)20-21(15)14(23)10-5-4-6-11(22)9-10/h4-6,9,12,22,24H,1-3,7-8H2. The SMILES string of the molecule is O=C(c1cccc(O)c1)N1N=C2CCCCCC2C1(O)C(F)(F)F. The fourth-order valence-electron chi connectivity index (χ4n) is 3.36. The van der Waals surface area contributed by atoms with Crippen molar-refractivity contribution in [2.24, 2.45) is 11.0 Å². The van der Waals surface area contributed by atoms with Gasteiger partial charge in [-0.05, 0) is 37.5 Å². The van der Waals surface area contributed by atoms with Gasteiger partial charge in [-0.25, -0.2) is 0 Å². The molecule has 24 heavy (non-hydrogen) atoms. The highest BCUT2D eigenvalue weighted by molar-refractivity contribution is 5.99. The highest BCUT2D eigenvalue weighted by Crippen LogP contribution is 2.48. The molecule has 2 aliphatic rings. The van der Waals surface area contributed by atoms with Crippen LogP contribution in [0.3, 0.4) is 0 Å². The van der Waals surface area contributed by atoms with E-state index in [1.807, 2.05) is 0 Å². The Kier molecular flexibility index (Phi) is 4.03. The predicted molar refractivity (Wildman–Crippen MR) is 79.3 cm³/mol. The van der Waals surface area contributed by atoms with Crippen molar-refractivity contribution >= 4 is 11.6 Å². The quantitative estimate of drug-likeness (QED) is 0.824. The first-order valence-corrected chi connectivity index (χ1v) is 7.75. The van der Waals surface area contributed by atoms with Crippen LogP contribution in [-0.2, 0) is 0 Å². The smallest absolute Gasteiger partial charge is 0.439 e. The van der Waals surface area contributed by atoms with Gasteiger partial charge in [0, 0.05) is 11.3 Å². The van der Waals surface area contributed by atoms with Gasteiger partial charge in [-0.15, -0.1) is 0 Å². The van der Waals surface area contributed by atoms with E-state index in [0.717, 1.165) is 12.5 Å². The lowest BCUT2D eigenvalue weighted by molar-refractivity contribution is -0.312. The summed E-state index contributed by atoms with van der Waals surface area (Å²) in [7, 11) is 0. The molecular formula is C16H17F3N2O3. The Labute approximate surface area is 136 Å².